The van der Waals surface area contributed by atoms with E-state index in [1.807, 2.05) is 48.5 Å². The maximum absolute atomic E-state index is 10.9. The van der Waals surface area contributed by atoms with Gasteiger partial charge in [-0.05, 0) is 0 Å². The van der Waals surface area contributed by atoms with Gasteiger partial charge in [0.2, 0.25) is 0 Å². The number of carbonyl (C=O) groups is 1. The number of hydrogen-bond donors (Lipinski definition) is 0. The molecule has 0 saturated carbocycles. The molecule has 0 fully saturated rings. The van der Waals surface area contributed by atoms with Crippen molar-refractivity contribution in [3.8, 4) is 0 Å². The van der Waals surface area contributed by atoms with Crippen molar-refractivity contribution >= 4 is 33.3 Å². The van der Waals surface area contributed by atoms with E-state index in [-0.39, 0.29) is 5.56 Å². The summed E-state index contributed by atoms with van der Waals surface area (Å²) >= 11 is -1.41. The third kappa shape index (κ3) is 3.11. The zero-order chi connectivity index (χ0) is 15.4. The average molecular weight is 353 g/mol. The van der Waals surface area contributed by atoms with E-state index in [0.717, 1.165) is 0 Å². The summed E-state index contributed by atoms with van der Waals surface area (Å²) in [5.41, 5.74) is 0.218. The van der Waals surface area contributed by atoms with Crippen LogP contribution in [0, 0.1) is 0 Å². The van der Waals surface area contributed by atoms with Crippen LogP contribution in [0.1, 0.15) is 10.4 Å². The Morgan fingerprint density at radius 1 is 0.636 bits per heavy atom. The van der Waals surface area contributed by atoms with E-state index in [2.05, 4.69) is 24.3 Å². The van der Waals surface area contributed by atoms with Gasteiger partial charge >= 0.3 is 134 Å². The monoisotopic (exact) mass is 354 g/mol. The first kappa shape index (κ1) is 14.6. The van der Waals surface area contributed by atoms with Gasteiger partial charge in [0.1, 0.15) is 0 Å². The molecule has 0 aliphatic rings. The molecule has 0 amide bonds. The molecule has 108 valence electrons. The Hall–Kier alpha value is -2.35. The van der Waals surface area contributed by atoms with Crippen LogP contribution in [0.15, 0.2) is 84.9 Å². The summed E-state index contributed by atoms with van der Waals surface area (Å²) in [4.78, 5) is 10.9. The van der Waals surface area contributed by atoms with Gasteiger partial charge in [0.05, 0.1) is 0 Å². The Morgan fingerprint density at radius 3 is 1.45 bits per heavy atom. The zero-order valence-corrected chi connectivity index (χ0v) is 13.5. The van der Waals surface area contributed by atoms with Crippen LogP contribution in [-0.2, 0) is 0 Å². The normalized spacial score (nSPS) is 10.6. The van der Waals surface area contributed by atoms with E-state index in [4.69, 9.17) is 0 Å². The molecule has 0 aliphatic heterocycles. The van der Waals surface area contributed by atoms with Crippen LogP contribution >= 0.6 is 0 Å². The van der Waals surface area contributed by atoms with E-state index in [1.165, 1.54) is 13.4 Å². The molecule has 3 aromatic rings. The van der Waals surface area contributed by atoms with Gasteiger partial charge in [0.25, 0.3) is 0 Å². The SMILES string of the molecule is O=C([O-])c1ccc([Se+](c2ccccc2)c2ccccc2)cc1. The molecule has 0 aliphatic carbocycles. The van der Waals surface area contributed by atoms with E-state index >= 15 is 0 Å². The van der Waals surface area contributed by atoms with Crippen LogP contribution in [0.3, 0.4) is 0 Å². The molecule has 3 heteroatoms. The van der Waals surface area contributed by atoms with Crippen molar-refractivity contribution in [2.45, 2.75) is 0 Å². The first-order valence-electron chi connectivity index (χ1n) is 6.91. The van der Waals surface area contributed by atoms with E-state index in [1.54, 1.807) is 12.1 Å². The average Bonchev–Trinajstić information content (AvgIpc) is 2.57. The van der Waals surface area contributed by atoms with Gasteiger partial charge in [0.15, 0.2) is 0 Å². The number of aromatic carboxylic acids is 1. The Morgan fingerprint density at radius 2 is 1.05 bits per heavy atom. The fourth-order valence-corrected chi connectivity index (χ4v) is 6.62. The molecular formula is C19H14O2Se. The third-order valence-electron chi connectivity index (χ3n) is 3.28. The standard InChI is InChI=1S/C19H14O2Se/c20-19(21)15-11-13-18(14-12-15)22(16-7-3-1-4-8-16)17-9-5-2-6-10-17/h1-14H. The number of rotatable bonds is 4. The van der Waals surface area contributed by atoms with Crippen molar-refractivity contribution in [3.63, 3.8) is 0 Å². The predicted octanol–water partition coefficient (Wildman–Crippen LogP) is 0.566. The maximum atomic E-state index is 10.9. The second-order valence-corrected chi connectivity index (χ2v) is 9.00. The molecule has 0 aromatic heterocycles. The second-order valence-electron chi connectivity index (χ2n) is 4.74. The Labute approximate surface area is 133 Å². The predicted molar refractivity (Wildman–Crippen MR) is 88.3 cm³/mol. The molecule has 0 spiro atoms. The summed E-state index contributed by atoms with van der Waals surface area (Å²) in [6.45, 7) is 0. The van der Waals surface area contributed by atoms with Gasteiger partial charge in [0, 0.05) is 0 Å². The molecular weight excluding hydrogens is 339 g/mol. The van der Waals surface area contributed by atoms with Gasteiger partial charge in [-0.1, -0.05) is 0 Å². The summed E-state index contributed by atoms with van der Waals surface area (Å²) in [5, 5.41) is 10.9. The molecule has 0 N–H and O–H groups in total. The number of benzene rings is 3. The van der Waals surface area contributed by atoms with Crippen molar-refractivity contribution in [2.24, 2.45) is 0 Å². The van der Waals surface area contributed by atoms with Crippen LogP contribution in [0.2, 0.25) is 0 Å². The topological polar surface area (TPSA) is 40.1 Å². The molecule has 0 bridgehead atoms. The van der Waals surface area contributed by atoms with Crippen molar-refractivity contribution in [1.29, 1.82) is 0 Å². The van der Waals surface area contributed by atoms with Crippen molar-refractivity contribution in [3.05, 3.63) is 90.5 Å². The van der Waals surface area contributed by atoms with E-state index < -0.39 is 19.9 Å². The van der Waals surface area contributed by atoms with Crippen molar-refractivity contribution < 1.29 is 9.90 Å². The summed E-state index contributed by atoms with van der Waals surface area (Å²) < 4.78 is 3.78. The first-order chi connectivity index (χ1) is 10.8. The zero-order valence-electron chi connectivity index (χ0n) is 11.8. The van der Waals surface area contributed by atoms with E-state index in [0.29, 0.717) is 0 Å². The second kappa shape index (κ2) is 6.61. The Kier molecular flexibility index (Phi) is 4.38. The number of hydrogen-bond acceptors (Lipinski definition) is 2. The van der Waals surface area contributed by atoms with Gasteiger partial charge in [-0.25, -0.2) is 0 Å². The molecule has 2 nitrogen and oxygen atoms in total. The molecule has 3 aromatic carbocycles. The summed E-state index contributed by atoms with van der Waals surface area (Å²) in [6.07, 6.45) is 0. The molecule has 0 radical (unpaired) electrons. The number of carboxylic acids is 1. The number of carbonyl (C=O) groups excluding carboxylic acids is 1. The van der Waals surface area contributed by atoms with Gasteiger partial charge in [-0.15, -0.1) is 0 Å². The molecule has 22 heavy (non-hydrogen) atoms. The number of carboxylic acid groups (broad SMARTS) is 1. The van der Waals surface area contributed by atoms with Crippen molar-refractivity contribution in [2.75, 3.05) is 0 Å². The molecule has 0 saturated heterocycles. The molecule has 0 unspecified atom stereocenters. The van der Waals surface area contributed by atoms with Gasteiger partial charge < -0.3 is 0 Å². The minimum absolute atomic E-state index is 0.218. The van der Waals surface area contributed by atoms with Crippen LogP contribution in [0.25, 0.3) is 0 Å². The van der Waals surface area contributed by atoms with Crippen LogP contribution < -0.4 is 18.5 Å². The molecule has 0 atom stereocenters. The van der Waals surface area contributed by atoms with Gasteiger partial charge in [-0.3, -0.25) is 0 Å². The molecule has 3 rings (SSSR count). The van der Waals surface area contributed by atoms with Crippen LogP contribution in [0.5, 0.6) is 0 Å². The quantitative estimate of drug-likeness (QED) is 0.644. The fourth-order valence-electron chi connectivity index (χ4n) is 2.25. The first-order valence-corrected chi connectivity index (χ1v) is 9.48. The van der Waals surface area contributed by atoms with Crippen molar-refractivity contribution in [1.82, 2.24) is 0 Å². The Bertz CT molecular complexity index is 713. The summed E-state index contributed by atoms with van der Waals surface area (Å²) in [6, 6.07) is 27.9. The fraction of sp³-hybridized carbons (Fsp3) is 0. The Balaban J connectivity index is 2.08. The summed E-state index contributed by atoms with van der Waals surface area (Å²) in [7, 11) is 0. The van der Waals surface area contributed by atoms with Crippen LogP contribution in [0.4, 0.5) is 0 Å². The molecule has 0 heterocycles. The minimum atomic E-state index is -1.41. The van der Waals surface area contributed by atoms with E-state index in [9.17, 15) is 9.90 Å². The van der Waals surface area contributed by atoms with Crippen LogP contribution in [-0.4, -0.2) is 19.9 Å². The third-order valence-corrected chi connectivity index (χ3v) is 7.96. The van der Waals surface area contributed by atoms with Gasteiger partial charge in [-0.2, -0.15) is 0 Å². The summed E-state index contributed by atoms with van der Waals surface area (Å²) in [5.74, 6) is -1.14.